The van der Waals surface area contributed by atoms with Gasteiger partial charge in [-0.3, -0.25) is 19.4 Å². The number of piperidine rings is 1. The number of carbonyl (C=O) groups excluding carboxylic acids is 1. The Morgan fingerprint density at radius 1 is 0.938 bits per heavy atom. The molecule has 12 heteroatoms. The highest BCUT2D eigenvalue weighted by molar-refractivity contribution is 6.02. The third-order valence-corrected chi connectivity index (χ3v) is 10.3. The van der Waals surface area contributed by atoms with Crippen LogP contribution in [0.2, 0.25) is 0 Å². The average molecular weight is 657 g/mol. The van der Waals surface area contributed by atoms with E-state index in [2.05, 4.69) is 41.9 Å². The van der Waals surface area contributed by atoms with E-state index >= 15 is 0 Å². The number of halogens is 1. The van der Waals surface area contributed by atoms with Crippen LogP contribution in [0.15, 0.2) is 61.4 Å². The highest BCUT2D eigenvalue weighted by Gasteiger charge is 2.33. The summed E-state index contributed by atoms with van der Waals surface area (Å²) >= 11 is 0. The summed E-state index contributed by atoms with van der Waals surface area (Å²) < 4.78 is 19.4. The molecule has 2 aromatic carbocycles. The Labute approximate surface area is 281 Å². The van der Waals surface area contributed by atoms with Gasteiger partial charge in [-0.05, 0) is 55.5 Å². The Kier molecular flexibility index (Phi) is 9.73. The largest absolute Gasteiger partial charge is 0.494 e. The quantitative estimate of drug-likeness (QED) is 0.272. The van der Waals surface area contributed by atoms with Gasteiger partial charge in [0.2, 0.25) is 5.91 Å². The fourth-order valence-electron chi connectivity index (χ4n) is 7.43. The van der Waals surface area contributed by atoms with Gasteiger partial charge in [-0.15, -0.1) is 0 Å². The number of rotatable bonds is 10. The third kappa shape index (κ3) is 6.96. The van der Waals surface area contributed by atoms with Gasteiger partial charge >= 0.3 is 0 Å². The van der Waals surface area contributed by atoms with Crippen molar-refractivity contribution in [2.45, 2.75) is 56.7 Å². The molecule has 48 heavy (non-hydrogen) atoms. The summed E-state index contributed by atoms with van der Waals surface area (Å²) in [5.74, 6) is 1.16. The second kappa shape index (κ2) is 14.5. The Morgan fingerprint density at radius 2 is 1.65 bits per heavy atom. The molecule has 4 heterocycles. The normalized spacial score (nSPS) is 21.2. The van der Waals surface area contributed by atoms with Gasteiger partial charge in [0, 0.05) is 69.9 Å². The van der Waals surface area contributed by atoms with E-state index in [1.165, 1.54) is 56.9 Å². The SMILES string of the molecule is C=CC(=O)Nc1cc(Nc2cc(N3OCCC3c3ccc(F)cc3)ncn2)c(OC)cc1N1CCC(N2CCN(C3CCC3)CC2)CC1. The second-order valence-electron chi connectivity index (χ2n) is 13.0. The highest BCUT2D eigenvalue weighted by Crippen LogP contribution is 2.41. The van der Waals surface area contributed by atoms with Crippen molar-refractivity contribution in [1.82, 2.24) is 19.8 Å². The molecule has 3 aromatic rings. The zero-order valence-corrected chi connectivity index (χ0v) is 27.6. The fraction of sp³-hybridized carbons (Fsp3) is 0.472. The number of nitrogens with zero attached hydrogens (tertiary/aromatic N) is 6. The van der Waals surface area contributed by atoms with Crippen molar-refractivity contribution in [3.63, 3.8) is 0 Å². The maximum Gasteiger partial charge on any atom is 0.247 e. The standard InChI is InChI=1S/C36H45FN8O3/c1-3-36(46)41-29-21-30(40-34-23-35(39-24-38-34)45-31(13-20-48-45)25-7-9-26(37)10-8-25)33(47-2)22-32(29)44-14-11-28(12-15-44)43-18-16-42(17-19-43)27-5-4-6-27/h3,7-10,21-24,27-28,31H,1,4-6,11-20H2,2H3,(H,41,46)(H,38,39,40). The molecule has 3 saturated heterocycles. The van der Waals surface area contributed by atoms with Gasteiger partial charge < -0.3 is 20.3 Å². The number of hydroxylamine groups is 1. The minimum absolute atomic E-state index is 0.107. The van der Waals surface area contributed by atoms with Crippen LogP contribution in [0.3, 0.4) is 0 Å². The molecule has 1 saturated carbocycles. The molecule has 1 unspecified atom stereocenters. The third-order valence-electron chi connectivity index (χ3n) is 10.3. The number of nitrogens with one attached hydrogen (secondary N) is 2. The first-order valence-electron chi connectivity index (χ1n) is 17.1. The van der Waals surface area contributed by atoms with Gasteiger partial charge in [-0.2, -0.15) is 0 Å². The van der Waals surface area contributed by atoms with E-state index in [0.717, 1.165) is 62.7 Å². The minimum atomic E-state index is -0.283. The van der Waals surface area contributed by atoms with Crippen molar-refractivity contribution in [2.75, 3.05) is 73.6 Å². The number of amides is 1. The van der Waals surface area contributed by atoms with Crippen LogP contribution < -0.4 is 25.3 Å². The first-order valence-corrected chi connectivity index (χ1v) is 17.1. The first-order chi connectivity index (χ1) is 23.5. The maximum absolute atomic E-state index is 13.6. The summed E-state index contributed by atoms with van der Waals surface area (Å²) in [5.41, 5.74) is 3.17. The number of piperazine rings is 1. The van der Waals surface area contributed by atoms with Crippen molar-refractivity contribution in [1.29, 1.82) is 0 Å². The molecule has 254 valence electrons. The van der Waals surface area contributed by atoms with E-state index < -0.39 is 0 Å². The monoisotopic (exact) mass is 656 g/mol. The van der Waals surface area contributed by atoms with E-state index in [-0.39, 0.29) is 17.8 Å². The summed E-state index contributed by atoms with van der Waals surface area (Å²) in [6.45, 7) is 10.6. The molecular weight excluding hydrogens is 611 g/mol. The molecule has 7 rings (SSSR count). The molecule has 0 spiro atoms. The zero-order valence-electron chi connectivity index (χ0n) is 27.6. The van der Waals surface area contributed by atoms with Crippen LogP contribution in [0.1, 0.15) is 50.1 Å². The number of carbonyl (C=O) groups is 1. The van der Waals surface area contributed by atoms with E-state index in [0.29, 0.717) is 41.4 Å². The summed E-state index contributed by atoms with van der Waals surface area (Å²) in [5, 5.41) is 8.13. The predicted molar refractivity (Wildman–Crippen MR) is 185 cm³/mol. The van der Waals surface area contributed by atoms with Crippen LogP contribution in [0.25, 0.3) is 0 Å². The molecule has 3 aliphatic heterocycles. The number of ether oxygens (including phenoxy) is 1. The Bertz CT molecular complexity index is 1590. The van der Waals surface area contributed by atoms with E-state index in [9.17, 15) is 9.18 Å². The van der Waals surface area contributed by atoms with Crippen molar-refractivity contribution in [2.24, 2.45) is 0 Å². The Morgan fingerprint density at radius 3 is 2.29 bits per heavy atom. The second-order valence-corrected chi connectivity index (χ2v) is 13.0. The molecular formula is C36H45FN8O3. The molecule has 0 bridgehead atoms. The molecule has 1 aromatic heterocycles. The zero-order chi connectivity index (χ0) is 33.0. The summed E-state index contributed by atoms with van der Waals surface area (Å²) in [6.07, 6.45) is 9.76. The van der Waals surface area contributed by atoms with Crippen molar-refractivity contribution in [3.05, 3.63) is 72.8 Å². The van der Waals surface area contributed by atoms with Crippen LogP contribution in [0.4, 0.5) is 33.1 Å². The van der Waals surface area contributed by atoms with Crippen LogP contribution in [0, 0.1) is 5.82 Å². The van der Waals surface area contributed by atoms with E-state index in [4.69, 9.17) is 9.57 Å². The molecule has 4 aliphatic rings. The van der Waals surface area contributed by atoms with Crippen molar-refractivity contribution in [3.8, 4) is 5.75 Å². The molecule has 2 N–H and O–H groups in total. The molecule has 1 amide bonds. The van der Waals surface area contributed by atoms with Crippen molar-refractivity contribution < 1.29 is 18.8 Å². The number of methoxy groups -OCH3 is 1. The van der Waals surface area contributed by atoms with Crippen molar-refractivity contribution >= 4 is 34.6 Å². The predicted octanol–water partition coefficient (Wildman–Crippen LogP) is 5.51. The Hall–Kier alpha value is -4.26. The molecule has 0 radical (unpaired) electrons. The van der Waals surface area contributed by atoms with E-state index in [1.54, 1.807) is 30.4 Å². The number of benzene rings is 2. The van der Waals surface area contributed by atoms with Gasteiger partial charge in [0.15, 0.2) is 5.82 Å². The average Bonchev–Trinajstić information content (AvgIpc) is 3.59. The minimum Gasteiger partial charge on any atom is -0.494 e. The van der Waals surface area contributed by atoms with Crippen LogP contribution in [-0.2, 0) is 9.63 Å². The first kappa shape index (κ1) is 32.3. The summed E-state index contributed by atoms with van der Waals surface area (Å²) in [7, 11) is 1.64. The lowest BCUT2D eigenvalue weighted by atomic mass is 9.91. The highest BCUT2D eigenvalue weighted by atomic mass is 19.1. The molecule has 1 atom stereocenters. The summed E-state index contributed by atoms with van der Waals surface area (Å²) in [6, 6.07) is 13.4. The van der Waals surface area contributed by atoms with Gasteiger partial charge in [0.05, 0.1) is 36.8 Å². The molecule has 11 nitrogen and oxygen atoms in total. The van der Waals surface area contributed by atoms with Crippen LogP contribution >= 0.6 is 0 Å². The summed E-state index contributed by atoms with van der Waals surface area (Å²) in [4.78, 5) is 35.2. The number of hydrogen-bond donors (Lipinski definition) is 2. The lowest BCUT2D eigenvalue weighted by molar-refractivity contribution is -0.111. The maximum atomic E-state index is 13.6. The Balaban J connectivity index is 1.07. The lowest BCUT2D eigenvalue weighted by Gasteiger charge is -2.46. The van der Waals surface area contributed by atoms with Crippen LogP contribution in [-0.4, -0.2) is 90.7 Å². The molecule has 4 fully saturated rings. The topological polar surface area (TPSA) is 98.3 Å². The van der Waals surface area contributed by atoms with Gasteiger partial charge in [-0.25, -0.2) is 19.4 Å². The number of anilines is 5. The smallest absolute Gasteiger partial charge is 0.247 e. The molecule has 1 aliphatic carbocycles. The number of aromatic nitrogens is 2. The fourth-order valence-corrected chi connectivity index (χ4v) is 7.43. The van der Waals surface area contributed by atoms with Gasteiger partial charge in [0.25, 0.3) is 0 Å². The van der Waals surface area contributed by atoms with E-state index in [1.807, 2.05) is 12.1 Å². The number of hydrogen-bond acceptors (Lipinski definition) is 10. The van der Waals surface area contributed by atoms with Gasteiger partial charge in [-0.1, -0.05) is 25.1 Å². The van der Waals surface area contributed by atoms with Crippen LogP contribution in [0.5, 0.6) is 5.75 Å². The lowest BCUT2D eigenvalue weighted by Crippen LogP contribution is -2.56. The van der Waals surface area contributed by atoms with Gasteiger partial charge in [0.1, 0.15) is 23.7 Å².